The average molecular weight is 282 g/mol. The van der Waals surface area contributed by atoms with Gasteiger partial charge < -0.3 is 4.12 Å². The predicted octanol–water partition coefficient (Wildman–Crippen LogP) is 2.51. The molecule has 0 atom stereocenters. The molecule has 19 heavy (non-hydrogen) atoms. The van der Waals surface area contributed by atoms with Crippen LogP contribution in [0.4, 0.5) is 0 Å². The average Bonchev–Trinajstić information content (AvgIpc) is 2.48. The van der Waals surface area contributed by atoms with Gasteiger partial charge in [0.25, 0.3) is 0 Å². The van der Waals surface area contributed by atoms with Crippen LogP contribution < -0.4 is 0 Å². The maximum Gasteiger partial charge on any atom is 0.171 e. The fraction of sp³-hybridized carbons (Fsp3) is 0. The van der Waals surface area contributed by atoms with Crippen molar-refractivity contribution in [2.75, 3.05) is 0 Å². The van der Waals surface area contributed by atoms with Gasteiger partial charge in [0, 0.05) is 0 Å². The standard InChI is InChI=1S/C16H18OSi2/c1-3-7-15(8-4-1)11-13-18-17-19-14-12-16-9-5-2-6-10-16/h1-14H,18-19H2. The molecule has 2 aromatic rings. The second-order valence-corrected chi connectivity index (χ2v) is 7.41. The summed E-state index contributed by atoms with van der Waals surface area (Å²) in [5.74, 6) is 0. The molecular formula is C16H18OSi2. The molecule has 1 nitrogen and oxygen atoms in total. The minimum absolute atomic E-state index is 0.503. The fourth-order valence-electron chi connectivity index (χ4n) is 1.70. The van der Waals surface area contributed by atoms with E-state index in [9.17, 15) is 0 Å². The van der Waals surface area contributed by atoms with E-state index < -0.39 is 19.5 Å². The Balaban J connectivity index is 1.65. The molecule has 0 unspecified atom stereocenters. The molecule has 0 radical (unpaired) electrons. The zero-order valence-corrected chi connectivity index (χ0v) is 13.7. The second kappa shape index (κ2) is 8.42. The SMILES string of the molecule is C(=Cc1ccccc1)[SiH2]O[SiH2]C=Cc1ccccc1. The molecule has 0 saturated carbocycles. The van der Waals surface area contributed by atoms with Gasteiger partial charge in [-0.05, 0) is 11.1 Å². The minimum atomic E-state index is -0.503. The summed E-state index contributed by atoms with van der Waals surface area (Å²) in [5, 5.41) is 0. The van der Waals surface area contributed by atoms with Crippen molar-refractivity contribution >= 4 is 31.7 Å². The zero-order chi connectivity index (χ0) is 13.2. The summed E-state index contributed by atoms with van der Waals surface area (Å²) in [6.07, 6.45) is 4.31. The van der Waals surface area contributed by atoms with Gasteiger partial charge in [-0.1, -0.05) is 84.2 Å². The third-order valence-electron chi connectivity index (χ3n) is 2.65. The first-order valence-corrected chi connectivity index (χ1v) is 9.25. The predicted molar refractivity (Wildman–Crippen MR) is 89.1 cm³/mol. The first-order chi connectivity index (χ1) is 9.45. The smallest absolute Gasteiger partial charge is 0.171 e. The highest BCUT2D eigenvalue weighted by Gasteiger charge is 1.85. The largest absolute Gasteiger partial charge is 0.459 e. The Labute approximate surface area is 119 Å². The number of benzene rings is 2. The van der Waals surface area contributed by atoms with E-state index in [1.54, 1.807) is 0 Å². The fourth-order valence-corrected chi connectivity index (χ4v) is 4.07. The van der Waals surface area contributed by atoms with Crippen LogP contribution in [0.2, 0.25) is 0 Å². The molecule has 2 aromatic carbocycles. The maximum absolute atomic E-state index is 5.78. The zero-order valence-electron chi connectivity index (χ0n) is 10.9. The molecule has 2 rings (SSSR count). The molecule has 0 fully saturated rings. The van der Waals surface area contributed by atoms with E-state index in [1.165, 1.54) is 11.1 Å². The lowest BCUT2D eigenvalue weighted by Gasteiger charge is -1.95. The van der Waals surface area contributed by atoms with Crippen LogP contribution in [0.25, 0.3) is 12.2 Å². The van der Waals surface area contributed by atoms with E-state index in [1.807, 2.05) is 12.1 Å². The van der Waals surface area contributed by atoms with Crippen LogP contribution >= 0.6 is 0 Å². The van der Waals surface area contributed by atoms with Crippen LogP contribution in [0, 0.1) is 0 Å². The van der Waals surface area contributed by atoms with Crippen molar-refractivity contribution in [3.05, 3.63) is 83.2 Å². The van der Waals surface area contributed by atoms with Crippen LogP contribution in [0.5, 0.6) is 0 Å². The third-order valence-corrected chi connectivity index (χ3v) is 5.39. The Hall–Kier alpha value is -1.69. The quantitative estimate of drug-likeness (QED) is 0.584. The molecule has 0 aliphatic carbocycles. The van der Waals surface area contributed by atoms with Crippen molar-refractivity contribution in [1.82, 2.24) is 0 Å². The lowest BCUT2D eigenvalue weighted by molar-refractivity contribution is 0.662. The molecule has 0 aromatic heterocycles. The van der Waals surface area contributed by atoms with E-state index in [4.69, 9.17) is 4.12 Å². The molecule has 0 aliphatic rings. The van der Waals surface area contributed by atoms with E-state index in [0.717, 1.165) is 0 Å². The molecule has 0 aliphatic heterocycles. The Bertz CT molecular complexity index is 471. The van der Waals surface area contributed by atoms with Gasteiger partial charge in [-0.15, -0.1) is 0 Å². The van der Waals surface area contributed by atoms with Crippen LogP contribution in [0.1, 0.15) is 11.1 Å². The van der Waals surface area contributed by atoms with E-state index in [2.05, 4.69) is 72.1 Å². The van der Waals surface area contributed by atoms with Crippen molar-refractivity contribution in [3.8, 4) is 0 Å². The van der Waals surface area contributed by atoms with E-state index in [0.29, 0.717) is 0 Å². The van der Waals surface area contributed by atoms with E-state index in [-0.39, 0.29) is 0 Å². The normalized spacial score (nSPS) is 12.6. The molecule has 0 amide bonds. The summed E-state index contributed by atoms with van der Waals surface area (Å²) in [6.45, 7) is 0. The van der Waals surface area contributed by atoms with Crippen LogP contribution in [0.3, 0.4) is 0 Å². The van der Waals surface area contributed by atoms with Crippen molar-refractivity contribution in [2.45, 2.75) is 0 Å². The molecular weight excluding hydrogens is 264 g/mol. The Morgan fingerprint density at radius 2 is 1.05 bits per heavy atom. The third kappa shape index (κ3) is 5.65. The Kier molecular flexibility index (Phi) is 6.09. The summed E-state index contributed by atoms with van der Waals surface area (Å²) >= 11 is 0. The summed E-state index contributed by atoms with van der Waals surface area (Å²) in [5.41, 5.74) is 6.91. The Morgan fingerprint density at radius 3 is 1.47 bits per heavy atom. The molecule has 0 saturated heterocycles. The van der Waals surface area contributed by atoms with Crippen LogP contribution in [0.15, 0.2) is 72.1 Å². The summed E-state index contributed by atoms with van der Waals surface area (Å²) < 4.78 is 5.78. The van der Waals surface area contributed by atoms with Gasteiger partial charge in [-0.25, -0.2) is 0 Å². The molecule has 0 spiro atoms. The number of hydrogen-bond acceptors (Lipinski definition) is 1. The van der Waals surface area contributed by atoms with Gasteiger partial charge >= 0.3 is 0 Å². The first-order valence-electron chi connectivity index (χ1n) is 6.46. The van der Waals surface area contributed by atoms with Gasteiger partial charge in [-0.3, -0.25) is 0 Å². The minimum Gasteiger partial charge on any atom is -0.459 e. The second-order valence-electron chi connectivity index (χ2n) is 4.16. The summed E-state index contributed by atoms with van der Waals surface area (Å²) in [6, 6.07) is 20.7. The summed E-state index contributed by atoms with van der Waals surface area (Å²) in [4.78, 5) is 0. The van der Waals surface area contributed by atoms with Gasteiger partial charge in [0.1, 0.15) is 0 Å². The number of hydrogen-bond donors (Lipinski definition) is 0. The van der Waals surface area contributed by atoms with E-state index >= 15 is 0 Å². The molecule has 0 N–H and O–H groups in total. The van der Waals surface area contributed by atoms with Gasteiger partial charge in [0.2, 0.25) is 0 Å². The van der Waals surface area contributed by atoms with Gasteiger partial charge in [0.15, 0.2) is 19.5 Å². The van der Waals surface area contributed by atoms with Crippen molar-refractivity contribution in [3.63, 3.8) is 0 Å². The first kappa shape index (κ1) is 13.7. The lowest BCUT2D eigenvalue weighted by Crippen LogP contribution is -1.98. The van der Waals surface area contributed by atoms with Crippen molar-refractivity contribution in [1.29, 1.82) is 0 Å². The van der Waals surface area contributed by atoms with Crippen LogP contribution in [-0.4, -0.2) is 19.5 Å². The highest BCUT2D eigenvalue weighted by molar-refractivity contribution is 6.50. The van der Waals surface area contributed by atoms with Crippen LogP contribution in [-0.2, 0) is 4.12 Å². The monoisotopic (exact) mass is 282 g/mol. The Morgan fingerprint density at radius 1 is 0.632 bits per heavy atom. The summed E-state index contributed by atoms with van der Waals surface area (Å²) in [7, 11) is -1.01. The number of rotatable bonds is 6. The van der Waals surface area contributed by atoms with Crippen molar-refractivity contribution < 1.29 is 4.12 Å². The topological polar surface area (TPSA) is 9.23 Å². The van der Waals surface area contributed by atoms with Gasteiger partial charge in [-0.2, -0.15) is 0 Å². The molecule has 96 valence electrons. The van der Waals surface area contributed by atoms with Gasteiger partial charge in [0.05, 0.1) is 0 Å². The maximum atomic E-state index is 5.78. The highest BCUT2D eigenvalue weighted by atomic mass is 28.3. The molecule has 3 heteroatoms. The molecule has 0 heterocycles. The highest BCUT2D eigenvalue weighted by Crippen LogP contribution is 2.01. The van der Waals surface area contributed by atoms with Crippen molar-refractivity contribution in [2.24, 2.45) is 0 Å². The lowest BCUT2D eigenvalue weighted by atomic mass is 10.2. The molecule has 0 bridgehead atoms.